The van der Waals surface area contributed by atoms with Crippen molar-refractivity contribution in [2.75, 3.05) is 5.32 Å². The molecule has 2 aromatic rings. The van der Waals surface area contributed by atoms with Gasteiger partial charge in [0.05, 0.1) is 5.60 Å². The first kappa shape index (κ1) is 18.7. The molecule has 2 aliphatic rings. The molecule has 0 spiro atoms. The lowest BCUT2D eigenvalue weighted by Gasteiger charge is -2.34. The molecule has 28 heavy (non-hydrogen) atoms. The van der Waals surface area contributed by atoms with Gasteiger partial charge in [0.2, 0.25) is 5.79 Å². The fourth-order valence-electron chi connectivity index (χ4n) is 3.77. The predicted octanol–water partition coefficient (Wildman–Crippen LogP) is 2.03. The summed E-state index contributed by atoms with van der Waals surface area (Å²) in [7, 11) is -0.923. The molecule has 2 heterocycles. The van der Waals surface area contributed by atoms with Gasteiger partial charge in [0.25, 0.3) is 0 Å². The number of anilines is 1. The number of hydrogen-bond donors (Lipinski definition) is 4. The van der Waals surface area contributed by atoms with Crippen LogP contribution in [0.25, 0.3) is 0 Å². The first-order chi connectivity index (χ1) is 13.2. The quantitative estimate of drug-likeness (QED) is 0.616. The predicted molar refractivity (Wildman–Crippen MR) is 113 cm³/mol. The van der Waals surface area contributed by atoms with Crippen LogP contribution in [0, 0.1) is 6.92 Å². The second-order valence-electron chi connectivity index (χ2n) is 7.93. The highest BCUT2D eigenvalue weighted by atomic mass is 16.5. The number of hydrogen-bond acceptors (Lipinski definition) is 6. The molecule has 0 aromatic heterocycles. The van der Waals surface area contributed by atoms with Crippen LogP contribution in [-0.4, -0.2) is 18.4 Å². The molecule has 0 amide bonds. The Hall–Kier alpha value is -2.61. The fourth-order valence-corrected chi connectivity index (χ4v) is 3.77. The summed E-state index contributed by atoms with van der Waals surface area (Å²) < 4.78 is 5.73. The van der Waals surface area contributed by atoms with Gasteiger partial charge in [-0.25, -0.2) is 4.99 Å². The molecule has 4 rings (SSSR count). The van der Waals surface area contributed by atoms with Gasteiger partial charge >= 0.3 is 7.12 Å². The molecule has 1 unspecified atom stereocenters. The van der Waals surface area contributed by atoms with Crippen molar-refractivity contribution in [1.82, 2.24) is 5.32 Å². The second-order valence-corrected chi connectivity index (χ2v) is 7.93. The molecular weight excluding hydrogens is 351 g/mol. The topological polar surface area (TPSA) is 91.9 Å². The summed E-state index contributed by atoms with van der Waals surface area (Å²) >= 11 is 0. The minimum Gasteiger partial charge on any atom is -0.423 e. The number of rotatable bonds is 3. The van der Waals surface area contributed by atoms with E-state index >= 15 is 0 Å². The molecule has 144 valence electrons. The zero-order valence-corrected chi connectivity index (χ0v) is 16.6. The van der Waals surface area contributed by atoms with Crippen LogP contribution < -0.4 is 21.8 Å². The maximum atomic E-state index is 10.3. The Morgan fingerprint density at radius 2 is 1.89 bits per heavy atom. The summed E-state index contributed by atoms with van der Waals surface area (Å²) in [5.74, 6) is -0.322. The summed E-state index contributed by atoms with van der Waals surface area (Å²) in [5.41, 5.74) is 11.5. The molecular formula is C21H25BN4O2. The van der Waals surface area contributed by atoms with E-state index < -0.39 is 18.5 Å². The largest absolute Gasteiger partial charge is 0.492 e. The first-order valence-electron chi connectivity index (χ1n) is 9.36. The molecule has 2 aromatic carbocycles. The van der Waals surface area contributed by atoms with E-state index in [0.717, 1.165) is 39.2 Å². The number of nitrogens with two attached hydrogens (primary N) is 1. The van der Waals surface area contributed by atoms with E-state index in [1.54, 1.807) is 6.21 Å². The number of nitrogens with one attached hydrogen (secondary N) is 2. The lowest BCUT2D eigenvalue weighted by molar-refractivity contribution is 0.101. The van der Waals surface area contributed by atoms with E-state index in [-0.39, 0.29) is 0 Å². The number of benzene rings is 2. The Kier molecular flexibility index (Phi) is 4.34. The fraction of sp³-hybridized carbons (Fsp3) is 0.286. The van der Waals surface area contributed by atoms with Crippen LogP contribution in [0.15, 0.2) is 58.9 Å². The number of allylic oxidation sites excluding steroid dienone is 1. The molecule has 6 nitrogen and oxygen atoms in total. The van der Waals surface area contributed by atoms with Crippen LogP contribution in [0.5, 0.6) is 0 Å². The third-order valence-corrected chi connectivity index (χ3v) is 5.34. The average molecular weight is 376 g/mol. The summed E-state index contributed by atoms with van der Waals surface area (Å²) in [6.45, 7) is 7.82. The van der Waals surface area contributed by atoms with Gasteiger partial charge in [-0.15, -0.1) is 0 Å². The first-order valence-corrected chi connectivity index (χ1v) is 9.36. The van der Waals surface area contributed by atoms with Crippen molar-refractivity contribution >= 4 is 24.5 Å². The van der Waals surface area contributed by atoms with Crippen LogP contribution in [-0.2, 0) is 16.0 Å². The number of fused-ring (bicyclic) bond motifs is 1. The molecule has 0 fully saturated rings. The van der Waals surface area contributed by atoms with E-state index in [1.165, 1.54) is 0 Å². The second kappa shape index (κ2) is 6.48. The van der Waals surface area contributed by atoms with Gasteiger partial charge < -0.3 is 20.3 Å². The van der Waals surface area contributed by atoms with E-state index in [1.807, 2.05) is 70.2 Å². The summed E-state index contributed by atoms with van der Waals surface area (Å²) in [6, 6.07) is 13.8. The molecule has 5 N–H and O–H groups in total. The van der Waals surface area contributed by atoms with Crippen LogP contribution in [0.2, 0.25) is 0 Å². The Morgan fingerprint density at radius 3 is 2.61 bits per heavy atom. The van der Waals surface area contributed by atoms with Crippen molar-refractivity contribution in [2.24, 2.45) is 10.7 Å². The van der Waals surface area contributed by atoms with Crippen LogP contribution >= 0.6 is 0 Å². The van der Waals surface area contributed by atoms with Crippen molar-refractivity contribution in [3.63, 3.8) is 0 Å². The molecule has 0 radical (unpaired) electrons. The van der Waals surface area contributed by atoms with E-state index in [0.29, 0.717) is 0 Å². The highest BCUT2D eigenvalue weighted by Crippen LogP contribution is 2.34. The third kappa shape index (κ3) is 3.11. The molecule has 7 heteroatoms. The molecule has 0 bridgehead atoms. The van der Waals surface area contributed by atoms with E-state index in [2.05, 4.69) is 15.6 Å². The monoisotopic (exact) mass is 376 g/mol. The van der Waals surface area contributed by atoms with Gasteiger partial charge in [-0.2, -0.15) is 0 Å². The Balaban J connectivity index is 1.71. The molecule has 0 saturated heterocycles. The molecule has 2 aliphatic heterocycles. The van der Waals surface area contributed by atoms with Crippen molar-refractivity contribution in [3.8, 4) is 0 Å². The van der Waals surface area contributed by atoms with Crippen molar-refractivity contribution in [2.45, 2.75) is 39.1 Å². The van der Waals surface area contributed by atoms with Crippen LogP contribution in [0.1, 0.15) is 37.5 Å². The van der Waals surface area contributed by atoms with Gasteiger partial charge in [0.1, 0.15) is 5.82 Å². The average Bonchev–Trinajstić information content (AvgIpc) is 2.88. The standard InChI is InChI=1S/C21H25BN4O2/c1-13-10-15(11-17-18(13)22(27)28-20(17,3)4)21(23)24-12-14(2)19(26-21)25-16-8-6-5-7-9-16/h5-12,25-27H,23H2,1-4H3. The summed E-state index contributed by atoms with van der Waals surface area (Å²) in [5, 5.41) is 17.0. The normalized spacial score (nSPS) is 22.9. The van der Waals surface area contributed by atoms with Gasteiger partial charge in [-0.1, -0.05) is 29.8 Å². The maximum absolute atomic E-state index is 10.3. The number of nitrogens with zero attached hydrogens (tertiary/aromatic N) is 1. The van der Waals surface area contributed by atoms with Gasteiger partial charge in [-0.05, 0) is 56.9 Å². The Bertz CT molecular complexity index is 987. The number of aliphatic imine (C=N–C) groups is 1. The van der Waals surface area contributed by atoms with Gasteiger partial charge in [-0.3, -0.25) is 5.73 Å². The lowest BCUT2D eigenvalue weighted by atomic mass is 9.74. The third-order valence-electron chi connectivity index (χ3n) is 5.34. The van der Waals surface area contributed by atoms with Crippen molar-refractivity contribution < 1.29 is 9.68 Å². The molecule has 0 aliphatic carbocycles. The Labute approximate surface area is 165 Å². The van der Waals surface area contributed by atoms with E-state index in [4.69, 9.17) is 10.4 Å². The highest BCUT2D eigenvalue weighted by Gasteiger charge is 2.43. The van der Waals surface area contributed by atoms with Crippen LogP contribution in [0.3, 0.4) is 0 Å². The number of para-hydroxylation sites is 1. The highest BCUT2D eigenvalue weighted by molar-refractivity contribution is 6.62. The maximum Gasteiger partial charge on any atom is 0.492 e. The zero-order valence-electron chi connectivity index (χ0n) is 16.6. The zero-order chi connectivity index (χ0) is 20.1. The summed E-state index contributed by atoms with van der Waals surface area (Å²) in [6.07, 6.45) is 1.78. The van der Waals surface area contributed by atoms with Crippen molar-refractivity contribution in [3.05, 3.63) is 70.5 Å². The smallest absolute Gasteiger partial charge is 0.423 e. The molecule has 0 saturated carbocycles. The minimum atomic E-state index is -1.12. The SMILES string of the molecule is CC1=C(Nc2ccccc2)NC(N)(c2cc(C)c3c(c2)C(C)(C)OB3O)N=C1. The lowest BCUT2D eigenvalue weighted by Crippen LogP contribution is -2.52. The number of aryl methyl sites for hydroxylation is 1. The van der Waals surface area contributed by atoms with E-state index in [9.17, 15) is 5.02 Å². The summed E-state index contributed by atoms with van der Waals surface area (Å²) in [4.78, 5) is 4.58. The van der Waals surface area contributed by atoms with Crippen LogP contribution in [0.4, 0.5) is 5.69 Å². The minimum absolute atomic E-state index is 0.596. The van der Waals surface area contributed by atoms with Gasteiger partial charge in [0, 0.05) is 23.0 Å². The van der Waals surface area contributed by atoms with Gasteiger partial charge in [0.15, 0.2) is 0 Å². The molecule has 1 atom stereocenters. The Morgan fingerprint density at radius 1 is 1.18 bits per heavy atom. The van der Waals surface area contributed by atoms with Crippen molar-refractivity contribution in [1.29, 1.82) is 0 Å².